The van der Waals surface area contributed by atoms with Crippen LogP contribution >= 0.6 is 15.9 Å². The Morgan fingerprint density at radius 2 is 2.24 bits per heavy atom. The molecule has 21 heavy (non-hydrogen) atoms. The highest BCUT2D eigenvalue weighted by Gasteiger charge is 2.35. The average molecular weight is 356 g/mol. The summed E-state index contributed by atoms with van der Waals surface area (Å²) in [5, 5.41) is 9.03. The molecular formula is C15H18BrNO4. The molecule has 0 fully saturated rings. The number of halogens is 1. The van der Waals surface area contributed by atoms with Crippen molar-refractivity contribution in [3.05, 3.63) is 28.2 Å². The maximum Gasteiger partial charge on any atom is 0.323 e. The van der Waals surface area contributed by atoms with Crippen LogP contribution in [0.2, 0.25) is 0 Å². The highest BCUT2D eigenvalue weighted by molar-refractivity contribution is 9.10. The lowest BCUT2D eigenvalue weighted by Crippen LogP contribution is -2.44. The van der Waals surface area contributed by atoms with Crippen molar-refractivity contribution < 1.29 is 19.4 Å². The normalized spacial score (nSPS) is 17.8. The molecule has 0 radical (unpaired) electrons. The van der Waals surface area contributed by atoms with Crippen LogP contribution in [0.25, 0.3) is 0 Å². The first-order valence-corrected chi connectivity index (χ1v) is 7.67. The van der Waals surface area contributed by atoms with Crippen LogP contribution in [0.1, 0.15) is 31.7 Å². The number of carbonyl (C=O) groups is 2. The van der Waals surface area contributed by atoms with Gasteiger partial charge in [-0.05, 0) is 31.5 Å². The fourth-order valence-corrected chi connectivity index (χ4v) is 2.79. The molecular weight excluding hydrogens is 338 g/mol. The minimum Gasteiger partial charge on any atom is -0.492 e. The van der Waals surface area contributed by atoms with Crippen LogP contribution in [0.3, 0.4) is 0 Å². The molecule has 1 aromatic rings. The van der Waals surface area contributed by atoms with Crippen molar-refractivity contribution in [1.82, 2.24) is 4.90 Å². The summed E-state index contributed by atoms with van der Waals surface area (Å²) in [5.74, 6) is -0.942. The second kappa shape index (κ2) is 6.47. The maximum absolute atomic E-state index is 12.7. The van der Waals surface area contributed by atoms with Crippen molar-refractivity contribution in [2.75, 3.05) is 13.2 Å². The summed E-state index contributed by atoms with van der Waals surface area (Å²) >= 11 is 3.39. The molecule has 114 valence electrons. The Morgan fingerprint density at radius 1 is 1.52 bits per heavy atom. The molecule has 1 N–H and O–H groups in total. The highest BCUT2D eigenvalue weighted by Crippen LogP contribution is 2.37. The van der Waals surface area contributed by atoms with E-state index in [9.17, 15) is 9.59 Å². The minimum absolute atomic E-state index is 0.121. The standard InChI is InChI=1S/C15H18BrNO4/c1-3-9(2)17(7-14(18)19)15(20)12-8-21-13-5-4-10(16)6-11(12)13/h4-6,9,12H,3,7-8H2,1-2H3,(H,18,19). The third-order valence-electron chi connectivity index (χ3n) is 3.76. The second-order valence-electron chi connectivity index (χ2n) is 5.16. The Hall–Kier alpha value is -1.56. The Kier molecular flexibility index (Phi) is 4.88. The van der Waals surface area contributed by atoms with E-state index in [1.165, 1.54) is 4.90 Å². The predicted octanol–water partition coefficient (Wildman–Crippen LogP) is 2.64. The molecule has 2 rings (SSSR count). The Bertz CT molecular complexity index is 561. The number of amides is 1. The number of hydrogen-bond donors (Lipinski definition) is 1. The van der Waals surface area contributed by atoms with Crippen molar-refractivity contribution >= 4 is 27.8 Å². The molecule has 5 nitrogen and oxygen atoms in total. The number of carboxylic acids is 1. The van der Waals surface area contributed by atoms with Crippen LogP contribution in [0, 0.1) is 0 Å². The largest absolute Gasteiger partial charge is 0.492 e. The van der Waals surface area contributed by atoms with Crippen LogP contribution in [0.15, 0.2) is 22.7 Å². The number of benzene rings is 1. The molecule has 0 saturated heterocycles. The Balaban J connectivity index is 2.27. The van der Waals surface area contributed by atoms with E-state index in [-0.39, 0.29) is 25.1 Å². The van der Waals surface area contributed by atoms with E-state index in [1.54, 1.807) is 0 Å². The van der Waals surface area contributed by atoms with Gasteiger partial charge in [-0.2, -0.15) is 0 Å². The van der Waals surface area contributed by atoms with Crippen LogP contribution in [-0.2, 0) is 9.59 Å². The lowest BCUT2D eigenvalue weighted by molar-refractivity contribution is -0.146. The van der Waals surface area contributed by atoms with E-state index in [2.05, 4.69) is 15.9 Å². The van der Waals surface area contributed by atoms with Gasteiger partial charge in [0.1, 0.15) is 24.8 Å². The average Bonchev–Trinajstić information content (AvgIpc) is 2.85. The first-order chi connectivity index (χ1) is 9.93. The summed E-state index contributed by atoms with van der Waals surface area (Å²) in [7, 11) is 0. The third-order valence-corrected chi connectivity index (χ3v) is 4.26. The summed E-state index contributed by atoms with van der Waals surface area (Å²) in [5.41, 5.74) is 0.813. The quantitative estimate of drug-likeness (QED) is 0.881. The molecule has 0 aromatic heterocycles. The molecule has 2 unspecified atom stereocenters. The minimum atomic E-state index is -1.00. The highest BCUT2D eigenvalue weighted by atomic mass is 79.9. The van der Waals surface area contributed by atoms with E-state index in [4.69, 9.17) is 9.84 Å². The fraction of sp³-hybridized carbons (Fsp3) is 0.467. The van der Waals surface area contributed by atoms with Gasteiger partial charge in [0, 0.05) is 16.1 Å². The van der Waals surface area contributed by atoms with Crippen LogP contribution in [0.5, 0.6) is 5.75 Å². The number of aliphatic carboxylic acids is 1. The lowest BCUT2D eigenvalue weighted by Gasteiger charge is -2.29. The van der Waals surface area contributed by atoms with E-state index >= 15 is 0 Å². The van der Waals surface area contributed by atoms with Gasteiger partial charge in [-0.15, -0.1) is 0 Å². The number of carbonyl (C=O) groups excluding carboxylic acids is 1. The van der Waals surface area contributed by atoms with Crippen molar-refractivity contribution in [3.63, 3.8) is 0 Å². The number of nitrogens with zero attached hydrogens (tertiary/aromatic N) is 1. The van der Waals surface area contributed by atoms with Crippen LogP contribution < -0.4 is 4.74 Å². The third kappa shape index (κ3) is 3.37. The maximum atomic E-state index is 12.7. The fourth-order valence-electron chi connectivity index (χ4n) is 2.41. The zero-order valence-corrected chi connectivity index (χ0v) is 13.6. The molecule has 1 aliphatic heterocycles. The molecule has 1 heterocycles. The summed E-state index contributed by atoms with van der Waals surface area (Å²) in [4.78, 5) is 25.2. The van der Waals surface area contributed by atoms with Crippen molar-refractivity contribution in [2.45, 2.75) is 32.2 Å². The number of ether oxygens (including phenoxy) is 1. The molecule has 0 spiro atoms. The van der Waals surface area contributed by atoms with Gasteiger partial charge < -0.3 is 14.7 Å². The Morgan fingerprint density at radius 3 is 2.86 bits per heavy atom. The monoisotopic (exact) mass is 355 g/mol. The molecule has 0 aliphatic carbocycles. The zero-order chi connectivity index (χ0) is 15.6. The van der Waals surface area contributed by atoms with Crippen molar-refractivity contribution in [2.24, 2.45) is 0 Å². The SMILES string of the molecule is CCC(C)N(CC(=O)O)C(=O)C1COc2ccc(Br)cc21. The summed E-state index contributed by atoms with van der Waals surface area (Å²) < 4.78 is 6.41. The summed E-state index contributed by atoms with van der Waals surface area (Å²) in [6.07, 6.45) is 0.706. The van der Waals surface area contributed by atoms with E-state index in [0.717, 1.165) is 10.0 Å². The van der Waals surface area contributed by atoms with Gasteiger partial charge in [0.05, 0.1) is 0 Å². The molecule has 6 heteroatoms. The molecule has 0 bridgehead atoms. The number of hydrogen-bond acceptors (Lipinski definition) is 3. The lowest BCUT2D eigenvalue weighted by atomic mass is 9.99. The smallest absolute Gasteiger partial charge is 0.323 e. The van der Waals surface area contributed by atoms with Crippen molar-refractivity contribution in [1.29, 1.82) is 0 Å². The first kappa shape index (κ1) is 15.8. The molecule has 1 amide bonds. The van der Waals surface area contributed by atoms with Gasteiger partial charge in [0.25, 0.3) is 0 Å². The van der Waals surface area contributed by atoms with E-state index in [1.807, 2.05) is 32.0 Å². The van der Waals surface area contributed by atoms with Gasteiger partial charge in [0.15, 0.2) is 0 Å². The van der Waals surface area contributed by atoms with Gasteiger partial charge in [-0.3, -0.25) is 9.59 Å². The molecule has 1 aromatic carbocycles. The zero-order valence-electron chi connectivity index (χ0n) is 12.0. The molecule has 1 aliphatic rings. The van der Waals surface area contributed by atoms with Crippen LogP contribution in [-0.4, -0.2) is 41.1 Å². The summed E-state index contributed by atoms with van der Waals surface area (Å²) in [6.45, 7) is 3.77. The van der Waals surface area contributed by atoms with Gasteiger partial charge in [-0.25, -0.2) is 0 Å². The van der Waals surface area contributed by atoms with E-state index < -0.39 is 11.9 Å². The van der Waals surface area contributed by atoms with E-state index in [0.29, 0.717) is 12.2 Å². The molecule has 2 atom stereocenters. The predicted molar refractivity (Wildman–Crippen MR) is 81.5 cm³/mol. The van der Waals surface area contributed by atoms with Gasteiger partial charge in [0.2, 0.25) is 5.91 Å². The summed E-state index contributed by atoms with van der Waals surface area (Å²) in [6, 6.07) is 5.41. The number of carboxylic acid groups (broad SMARTS) is 1. The topological polar surface area (TPSA) is 66.8 Å². The number of fused-ring (bicyclic) bond motifs is 1. The second-order valence-corrected chi connectivity index (χ2v) is 6.08. The molecule has 0 saturated carbocycles. The van der Waals surface area contributed by atoms with Crippen LogP contribution in [0.4, 0.5) is 0 Å². The Labute approximate surface area is 132 Å². The first-order valence-electron chi connectivity index (χ1n) is 6.88. The number of rotatable bonds is 5. The van der Waals surface area contributed by atoms with Gasteiger partial charge >= 0.3 is 5.97 Å². The van der Waals surface area contributed by atoms with Gasteiger partial charge in [-0.1, -0.05) is 22.9 Å². The van der Waals surface area contributed by atoms with Crippen molar-refractivity contribution in [3.8, 4) is 5.75 Å².